The van der Waals surface area contributed by atoms with Crippen molar-refractivity contribution in [2.45, 2.75) is 57.6 Å². The van der Waals surface area contributed by atoms with Gasteiger partial charge in [0.15, 0.2) is 12.1 Å². The highest BCUT2D eigenvalue weighted by atomic mass is 16.8. The molecule has 2 aliphatic rings. The minimum absolute atomic E-state index is 0.0189. The second kappa shape index (κ2) is 2.92. The molecule has 0 radical (unpaired) electrons. The Kier molecular flexibility index (Phi) is 2.11. The van der Waals surface area contributed by atoms with E-state index in [1.807, 2.05) is 13.8 Å². The number of hydrogen-bond donors (Lipinski definition) is 1. The molecule has 0 amide bonds. The van der Waals surface area contributed by atoms with Crippen molar-refractivity contribution >= 4 is 0 Å². The number of hydrogen-bond acceptors (Lipinski definition) is 4. The van der Waals surface area contributed by atoms with Crippen molar-refractivity contribution in [1.82, 2.24) is 0 Å². The van der Waals surface area contributed by atoms with Crippen LogP contribution in [0.1, 0.15) is 27.2 Å². The Balaban J connectivity index is 1.97. The van der Waals surface area contributed by atoms with E-state index in [0.717, 1.165) is 0 Å². The quantitative estimate of drug-likeness (QED) is 0.655. The van der Waals surface area contributed by atoms with Crippen LogP contribution < -0.4 is 0 Å². The van der Waals surface area contributed by atoms with E-state index in [0.29, 0.717) is 6.42 Å². The van der Waals surface area contributed by atoms with Gasteiger partial charge in [-0.2, -0.15) is 0 Å². The summed E-state index contributed by atoms with van der Waals surface area (Å²) >= 11 is 0. The smallest absolute Gasteiger partial charge is 0.187 e. The molecule has 13 heavy (non-hydrogen) atoms. The van der Waals surface area contributed by atoms with Gasteiger partial charge < -0.3 is 19.3 Å². The average Bonchev–Trinajstić information content (AvgIpc) is 2.39. The van der Waals surface area contributed by atoms with E-state index in [4.69, 9.17) is 14.2 Å². The maximum atomic E-state index is 9.30. The zero-order valence-corrected chi connectivity index (χ0v) is 8.19. The molecule has 2 heterocycles. The Morgan fingerprint density at radius 1 is 1.38 bits per heavy atom. The van der Waals surface area contributed by atoms with E-state index in [-0.39, 0.29) is 18.5 Å². The number of rotatable bonds is 1. The Bertz CT molecular complexity index is 186. The van der Waals surface area contributed by atoms with Crippen molar-refractivity contribution in [2.24, 2.45) is 0 Å². The lowest BCUT2D eigenvalue weighted by Gasteiger charge is -2.21. The summed E-state index contributed by atoms with van der Waals surface area (Å²) in [7, 11) is 0. The first-order chi connectivity index (χ1) is 5.98. The van der Waals surface area contributed by atoms with E-state index in [1.54, 1.807) is 6.92 Å². The standard InChI is InChI=1S/C9H16O4/c1-5(10)6-4-7-8(11-6)13-9(2,3)12-7/h5-8,10H,4H2,1-3H3/t5-,6-,7+,8+/m0/s1. The first-order valence-electron chi connectivity index (χ1n) is 4.67. The van der Waals surface area contributed by atoms with Gasteiger partial charge in [0, 0.05) is 6.42 Å². The zero-order chi connectivity index (χ0) is 9.64. The molecule has 0 aliphatic carbocycles. The number of ether oxygens (including phenoxy) is 3. The van der Waals surface area contributed by atoms with Crippen LogP contribution in [0.2, 0.25) is 0 Å². The van der Waals surface area contributed by atoms with Crippen molar-refractivity contribution in [2.75, 3.05) is 0 Å². The zero-order valence-electron chi connectivity index (χ0n) is 8.19. The molecule has 0 aromatic rings. The summed E-state index contributed by atoms with van der Waals surface area (Å²) in [6.45, 7) is 5.45. The second-order valence-corrected chi connectivity index (χ2v) is 4.19. The Labute approximate surface area is 77.8 Å². The van der Waals surface area contributed by atoms with Crippen molar-refractivity contribution < 1.29 is 19.3 Å². The third-order valence-corrected chi connectivity index (χ3v) is 2.45. The maximum absolute atomic E-state index is 9.30. The molecule has 2 rings (SSSR count). The van der Waals surface area contributed by atoms with E-state index in [9.17, 15) is 5.11 Å². The predicted octanol–water partition coefficient (Wildman–Crippen LogP) is 0.634. The van der Waals surface area contributed by atoms with E-state index >= 15 is 0 Å². The van der Waals surface area contributed by atoms with Crippen LogP contribution in [-0.2, 0) is 14.2 Å². The van der Waals surface area contributed by atoms with Crippen LogP contribution in [0.25, 0.3) is 0 Å². The Morgan fingerprint density at radius 2 is 2.08 bits per heavy atom. The first kappa shape index (κ1) is 9.40. The molecule has 76 valence electrons. The molecule has 2 fully saturated rings. The summed E-state index contributed by atoms with van der Waals surface area (Å²) in [5.41, 5.74) is 0. The monoisotopic (exact) mass is 188 g/mol. The number of fused-ring (bicyclic) bond motifs is 1. The maximum Gasteiger partial charge on any atom is 0.187 e. The number of aliphatic hydroxyl groups excluding tert-OH is 1. The molecule has 0 spiro atoms. The summed E-state index contributed by atoms with van der Waals surface area (Å²) in [5, 5.41) is 9.30. The molecule has 0 bridgehead atoms. The van der Waals surface area contributed by atoms with Gasteiger partial charge in [0.05, 0.1) is 12.2 Å². The summed E-state index contributed by atoms with van der Waals surface area (Å²) in [4.78, 5) is 0. The fourth-order valence-electron chi connectivity index (χ4n) is 1.85. The molecule has 2 aliphatic heterocycles. The summed E-state index contributed by atoms with van der Waals surface area (Å²) in [5.74, 6) is -0.543. The molecule has 0 aromatic heterocycles. The van der Waals surface area contributed by atoms with Gasteiger partial charge in [0.25, 0.3) is 0 Å². The van der Waals surface area contributed by atoms with Gasteiger partial charge in [-0.15, -0.1) is 0 Å². The van der Waals surface area contributed by atoms with Crippen LogP contribution in [0.15, 0.2) is 0 Å². The van der Waals surface area contributed by atoms with Gasteiger partial charge in [-0.25, -0.2) is 0 Å². The molecule has 4 atom stereocenters. The van der Waals surface area contributed by atoms with Gasteiger partial charge in [0.1, 0.15) is 6.10 Å². The molecule has 0 saturated carbocycles. The van der Waals surface area contributed by atoms with Crippen LogP contribution >= 0.6 is 0 Å². The van der Waals surface area contributed by atoms with Crippen LogP contribution in [-0.4, -0.2) is 35.5 Å². The van der Waals surface area contributed by atoms with E-state index in [1.165, 1.54) is 0 Å². The van der Waals surface area contributed by atoms with E-state index < -0.39 is 11.9 Å². The third kappa shape index (κ3) is 1.72. The summed E-state index contributed by atoms with van der Waals surface area (Å²) < 4.78 is 16.6. The van der Waals surface area contributed by atoms with Crippen molar-refractivity contribution in [3.05, 3.63) is 0 Å². The summed E-state index contributed by atoms with van der Waals surface area (Å²) in [6.07, 6.45) is -0.206. The first-order valence-corrected chi connectivity index (χ1v) is 4.67. The fourth-order valence-corrected chi connectivity index (χ4v) is 1.85. The topological polar surface area (TPSA) is 47.9 Å². The molecular formula is C9H16O4. The molecule has 4 heteroatoms. The highest BCUT2D eigenvalue weighted by molar-refractivity contribution is 4.86. The second-order valence-electron chi connectivity index (χ2n) is 4.19. The van der Waals surface area contributed by atoms with Crippen LogP contribution in [0, 0.1) is 0 Å². The van der Waals surface area contributed by atoms with Crippen molar-refractivity contribution in [1.29, 1.82) is 0 Å². The van der Waals surface area contributed by atoms with Gasteiger partial charge in [-0.05, 0) is 20.8 Å². The van der Waals surface area contributed by atoms with Gasteiger partial charge in [-0.3, -0.25) is 0 Å². The largest absolute Gasteiger partial charge is 0.391 e. The number of aliphatic hydroxyl groups is 1. The summed E-state index contributed by atoms with van der Waals surface area (Å²) in [6, 6.07) is 0. The lowest BCUT2D eigenvalue weighted by molar-refractivity contribution is -0.212. The van der Waals surface area contributed by atoms with Gasteiger partial charge >= 0.3 is 0 Å². The third-order valence-electron chi connectivity index (χ3n) is 2.45. The molecule has 2 saturated heterocycles. The Morgan fingerprint density at radius 3 is 2.62 bits per heavy atom. The molecule has 4 nitrogen and oxygen atoms in total. The van der Waals surface area contributed by atoms with Crippen molar-refractivity contribution in [3.63, 3.8) is 0 Å². The predicted molar refractivity (Wildman–Crippen MR) is 45.0 cm³/mol. The minimum atomic E-state index is -0.543. The minimum Gasteiger partial charge on any atom is -0.391 e. The van der Waals surface area contributed by atoms with Crippen LogP contribution in [0.5, 0.6) is 0 Å². The van der Waals surface area contributed by atoms with E-state index in [2.05, 4.69) is 0 Å². The lowest BCUT2D eigenvalue weighted by atomic mass is 10.1. The lowest BCUT2D eigenvalue weighted by Crippen LogP contribution is -2.28. The SMILES string of the molecule is C[C@H](O)[C@@H]1C[C@H]2OC(C)(C)O[C@H]2O1. The van der Waals surface area contributed by atoms with Crippen molar-refractivity contribution in [3.8, 4) is 0 Å². The highest BCUT2D eigenvalue weighted by Crippen LogP contribution is 2.37. The van der Waals surface area contributed by atoms with Gasteiger partial charge in [0.2, 0.25) is 0 Å². The normalized spacial score (nSPS) is 44.8. The fraction of sp³-hybridized carbons (Fsp3) is 1.00. The van der Waals surface area contributed by atoms with Crippen LogP contribution in [0.4, 0.5) is 0 Å². The molecule has 0 aromatic carbocycles. The average molecular weight is 188 g/mol. The molecule has 0 unspecified atom stereocenters. The molecular weight excluding hydrogens is 172 g/mol. The highest BCUT2D eigenvalue weighted by Gasteiger charge is 2.49. The van der Waals surface area contributed by atoms with Crippen LogP contribution in [0.3, 0.4) is 0 Å². The Hall–Kier alpha value is -0.160. The van der Waals surface area contributed by atoms with Gasteiger partial charge in [-0.1, -0.05) is 0 Å². The molecule has 1 N–H and O–H groups in total.